The fourth-order valence-electron chi connectivity index (χ4n) is 6.35. The second-order valence-electron chi connectivity index (χ2n) is 10.4. The predicted octanol–water partition coefficient (Wildman–Crippen LogP) is 4.46. The van der Waals surface area contributed by atoms with Crippen LogP contribution >= 0.6 is 0 Å². The zero-order valence-corrected chi connectivity index (χ0v) is 20.1. The number of H-pyrrole nitrogens is 1. The standard InChI is InChI=1S/C26H28FN7O2/c1-2-36-26(35)20-14-5-7-15(8-6-14)21(20)29-24-19-10-9-18(13-3-4-13)34(19)33-25(30-24)22-17-11-16(27)12-28-23(17)32-31-22/h9-15,20-21H,2-8H2,1H3,(H,28,31,32)(H,29,30,33)/t14-,15+,20-,21-/m0/s1. The SMILES string of the molecule is CCOC(=O)[C@H]1[C@H]2CC[C@H](CC2)[C@@H]1Nc1nc(-c2n[nH]c3ncc(F)cc23)nn2c(C3CC3)ccc12. The summed E-state index contributed by atoms with van der Waals surface area (Å²) in [7, 11) is 0. The van der Waals surface area contributed by atoms with Gasteiger partial charge in [-0.25, -0.2) is 18.9 Å². The summed E-state index contributed by atoms with van der Waals surface area (Å²) in [4.78, 5) is 22.0. The van der Waals surface area contributed by atoms with E-state index in [4.69, 9.17) is 14.8 Å². The molecule has 9 nitrogen and oxygen atoms in total. The number of nitrogens with zero attached hydrogens (tertiary/aromatic N) is 5. The Morgan fingerprint density at radius 2 is 2.00 bits per heavy atom. The molecule has 2 bridgehead atoms. The van der Waals surface area contributed by atoms with Gasteiger partial charge in [-0.2, -0.15) is 5.10 Å². The molecule has 0 unspecified atom stereocenters. The van der Waals surface area contributed by atoms with Crippen LogP contribution in [-0.2, 0) is 9.53 Å². The Morgan fingerprint density at radius 3 is 2.78 bits per heavy atom. The lowest BCUT2D eigenvalue weighted by molar-refractivity contribution is -0.154. The number of carbonyl (C=O) groups excluding carboxylic acids is 1. The molecule has 4 fully saturated rings. The summed E-state index contributed by atoms with van der Waals surface area (Å²) < 4.78 is 21.5. The molecule has 4 aromatic rings. The van der Waals surface area contributed by atoms with Crippen LogP contribution in [0.1, 0.15) is 57.1 Å². The van der Waals surface area contributed by atoms with Gasteiger partial charge in [-0.3, -0.25) is 9.89 Å². The fraction of sp³-hybridized carbons (Fsp3) is 0.500. The van der Waals surface area contributed by atoms with Crippen LogP contribution in [0.5, 0.6) is 0 Å². The number of aromatic amines is 1. The van der Waals surface area contributed by atoms with E-state index in [0.717, 1.165) is 55.9 Å². The van der Waals surface area contributed by atoms with Gasteiger partial charge in [0.05, 0.1) is 24.1 Å². The molecule has 36 heavy (non-hydrogen) atoms. The Balaban J connectivity index is 1.35. The van der Waals surface area contributed by atoms with Crippen molar-refractivity contribution >= 4 is 28.3 Å². The van der Waals surface area contributed by atoms with Crippen LogP contribution in [0.2, 0.25) is 0 Å². The van der Waals surface area contributed by atoms with Crippen LogP contribution in [0.15, 0.2) is 24.4 Å². The first kappa shape index (κ1) is 21.7. The van der Waals surface area contributed by atoms with Crippen molar-refractivity contribution in [3.05, 3.63) is 35.9 Å². The van der Waals surface area contributed by atoms with Gasteiger partial charge in [0, 0.05) is 17.7 Å². The van der Waals surface area contributed by atoms with Gasteiger partial charge < -0.3 is 10.1 Å². The van der Waals surface area contributed by atoms with Crippen molar-refractivity contribution in [2.45, 2.75) is 57.4 Å². The number of aromatic nitrogens is 6. The van der Waals surface area contributed by atoms with Crippen LogP contribution in [0.4, 0.5) is 10.2 Å². The average molecular weight is 490 g/mol. The van der Waals surface area contributed by atoms with Crippen LogP contribution in [0.3, 0.4) is 0 Å². The third-order valence-electron chi connectivity index (χ3n) is 8.21. The van der Waals surface area contributed by atoms with Crippen LogP contribution in [-0.4, -0.2) is 48.4 Å². The monoisotopic (exact) mass is 489 g/mol. The van der Waals surface area contributed by atoms with Crippen molar-refractivity contribution in [2.75, 3.05) is 11.9 Å². The summed E-state index contributed by atoms with van der Waals surface area (Å²) in [6.45, 7) is 2.23. The minimum Gasteiger partial charge on any atom is -0.466 e. The average Bonchev–Trinajstić information content (AvgIpc) is 3.50. The quantitative estimate of drug-likeness (QED) is 0.385. The highest BCUT2D eigenvalue weighted by molar-refractivity contribution is 5.89. The zero-order valence-electron chi connectivity index (χ0n) is 20.1. The molecular weight excluding hydrogens is 461 g/mol. The Kier molecular flexibility index (Phi) is 4.97. The van der Waals surface area contributed by atoms with E-state index < -0.39 is 5.82 Å². The Labute approximate surface area is 206 Å². The lowest BCUT2D eigenvalue weighted by Crippen LogP contribution is -2.52. The summed E-state index contributed by atoms with van der Waals surface area (Å²) in [5, 5.41) is 16.3. The summed E-state index contributed by atoms with van der Waals surface area (Å²) in [6.07, 6.45) is 7.73. The van der Waals surface area contributed by atoms with Gasteiger partial charge in [0.1, 0.15) is 17.0 Å². The fourth-order valence-corrected chi connectivity index (χ4v) is 6.35. The summed E-state index contributed by atoms with van der Waals surface area (Å²) in [5.41, 5.74) is 2.93. The lowest BCUT2D eigenvalue weighted by Gasteiger charge is -2.47. The number of carbonyl (C=O) groups is 1. The van der Waals surface area contributed by atoms with Gasteiger partial charge in [0.15, 0.2) is 11.5 Å². The lowest BCUT2D eigenvalue weighted by atomic mass is 9.61. The Bertz CT molecular complexity index is 1470. The number of hydrogen-bond donors (Lipinski definition) is 2. The smallest absolute Gasteiger partial charge is 0.311 e. The highest BCUT2D eigenvalue weighted by Crippen LogP contribution is 2.47. The minimum atomic E-state index is -0.445. The third-order valence-corrected chi connectivity index (χ3v) is 8.21. The van der Waals surface area contributed by atoms with Gasteiger partial charge >= 0.3 is 5.97 Å². The normalized spacial score (nSPS) is 25.5. The molecule has 4 aromatic heterocycles. The molecule has 4 aliphatic carbocycles. The number of fused-ring (bicyclic) bond motifs is 5. The van der Waals surface area contributed by atoms with Gasteiger partial charge in [-0.15, -0.1) is 5.10 Å². The molecular formula is C26H28FN7O2. The number of anilines is 1. The van der Waals surface area contributed by atoms with Crippen LogP contribution < -0.4 is 5.32 Å². The van der Waals surface area contributed by atoms with Crippen LogP contribution in [0.25, 0.3) is 28.1 Å². The molecule has 186 valence electrons. The molecule has 4 heterocycles. The van der Waals surface area contributed by atoms with Gasteiger partial charge in [0.25, 0.3) is 0 Å². The maximum atomic E-state index is 14.0. The van der Waals surface area contributed by atoms with Crippen molar-refractivity contribution < 1.29 is 13.9 Å². The maximum absolute atomic E-state index is 14.0. The molecule has 2 atom stereocenters. The van der Waals surface area contributed by atoms with Crippen molar-refractivity contribution in [2.24, 2.45) is 17.8 Å². The number of esters is 1. The summed E-state index contributed by atoms with van der Waals surface area (Å²) >= 11 is 0. The largest absolute Gasteiger partial charge is 0.466 e. The first-order valence-electron chi connectivity index (χ1n) is 12.9. The molecule has 4 aliphatic rings. The van der Waals surface area contributed by atoms with Crippen LogP contribution in [0, 0.1) is 23.6 Å². The number of nitrogens with one attached hydrogen (secondary N) is 2. The minimum absolute atomic E-state index is 0.0579. The van der Waals surface area contributed by atoms with E-state index in [1.165, 1.54) is 6.07 Å². The molecule has 8 rings (SSSR count). The third kappa shape index (κ3) is 3.45. The number of pyridine rings is 1. The molecule has 0 amide bonds. The van der Waals surface area contributed by atoms with E-state index in [1.54, 1.807) is 0 Å². The highest BCUT2D eigenvalue weighted by atomic mass is 19.1. The van der Waals surface area contributed by atoms with Crippen molar-refractivity contribution in [1.29, 1.82) is 0 Å². The molecule has 0 saturated heterocycles. The van der Waals surface area contributed by atoms with Gasteiger partial charge in [-0.1, -0.05) is 0 Å². The highest BCUT2D eigenvalue weighted by Gasteiger charge is 2.48. The van der Waals surface area contributed by atoms with Gasteiger partial charge in [0.2, 0.25) is 5.82 Å². The van der Waals surface area contributed by atoms with E-state index >= 15 is 0 Å². The molecule has 0 aliphatic heterocycles. The number of halogens is 1. The molecule has 4 saturated carbocycles. The van der Waals surface area contributed by atoms with E-state index in [1.807, 2.05) is 17.5 Å². The zero-order chi connectivity index (χ0) is 24.4. The first-order chi connectivity index (χ1) is 17.6. The molecule has 2 N–H and O–H groups in total. The number of rotatable bonds is 6. The van der Waals surface area contributed by atoms with Crippen molar-refractivity contribution in [1.82, 2.24) is 29.8 Å². The topological polar surface area (TPSA) is 110 Å². The summed E-state index contributed by atoms with van der Waals surface area (Å²) in [5.74, 6) is 1.46. The Morgan fingerprint density at radius 1 is 1.19 bits per heavy atom. The Hall–Kier alpha value is -3.56. The second kappa shape index (κ2) is 8.25. The molecule has 0 spiro atoms. The molecule has 0 aromatic carbocycles. The van der Waals surface area contributed by atoms with Gasteiger partial charge in [-0.05, 0) is 75.5 Å². The van der Waals surface area contributed by atoms with E-state index in [2.05, 4.69) is 26.6 Å². The first-order valence-corrected chi connectivity index (χ1v) is 12.9. The molecule has 0 radical (unpaired) electrons. The maximum Gasteiger partial charge on any atom is 0.311 e. The van der Waals surface area contributed by atoms with E-state index in [0.29, 0.717) is 52.7 Å². The summed E-state index contributed by atoms with van der Waals surface area (Å²) in [6, 6.07) is 5.49. The number of hydrogen-bond acceptors (Lipinski definition) is 7. The van der Waals surface area contributed by atoms with Crippen molar-refractivity contribution in [3.8, 4) is 11.5 Å². The number of ether oxygens (including phenoxy) is 1. The van der Waals surface area contributed by atoms with E-state index in [-0.39, 0.29) is 17.9 Å². The second-order valence-corrected chi connectivity index (χ2v) is 10.4. The van der Waals surface area contributed by atoms with Crippen molar-refractivity contribution in [3.63, 3.8) is 0 Å². The predicted molar refractivity (Wildman–Crippen MR) is 131 cm³/mol. The van der Waals surface area contributed by atoms with E-state index in [9.17, 15) is 9.18 Å². The molecule has 10 heteroatoms.